The van der Waals surface area contributed by atoms with Crippen molar-refractivity contribution in [1.29, 1.82) is 0 Å². The van der Waals surface area contributed by atoms with Gasteiger partial charge in [-0.1, -0.05) is 98.6 Å². The van der Waals surface area contributed by atoms with Crippen molar-refractivity contribution in [1.82, 2.24) is 15.6 Å². The monoisotopic (exact) mass is 579 g/mol. The Morgan fingerprint density at radius 2 is 1.75 bits per heavy atom. The first-order valence-electron chi connectivity index (χ1n) is 13.9. The molecule has 1 aliphatic rings. The van der Waals surface area contributed by atoms with Crippen LogP contribution in [-0.2, 0) is 14.3 Å². The van der Waals surface area contributed by atoms with E-state index in [-0.39, 0.29) is 18.1 Å². The number of hydrogen-bond acceptors (Lipinski definition) is 7. The number of aromatic nitrogens is 1. The number of carbonyl (C=O) groups excluding carboxylic acids is 3. The summed E-state index contributed by atoms with van der Waals surface area (Å²) in [4.78, 5) is 43.3. The van der Waals surface area contributed by atoms with Crippen LogP contribution in [0.15, 0.2) is 70.4 Å². The first-order chi connectivity index (χ1) is 19.4. The average molecular weight is 580 g/mol. The fourth-order valence-electron chi connectivity index (χ4n) is 4.62. The van der Waals surface area contributed by atoms with Gasteiger partial charge < -0.3 is 15.4 Å². The maximum Gasteiger partial charge on any atom is 0.407 e. The lowest BCUT2D eigenvalue weighted by Gasteiger charge is -2.40. The summed E-state index contributed by atoms with van der Waals surface area (Å²) in [6.07, 6.45) is 4.31. The molecule has 1 aliphatic carbocycles. The summed E-state index contributed by atoms with van der Waals surface area (Å²) in [7, 11) is 0. The minimum Gasteiger partial charge on any atom is -0.449 e. The summed E-state index contributed by atoms with van der Waals surface area (Å²) >= 11 is 3.32. The van der Waals surface area contributed by atoms with Gasteiger partial charge in [-0.15, -0.1) is 11.3 Å². The Morgan fingerprint density at radius 1 is 1.05 bits per heavy atom. The lowest BCUT2D eigenvalue weighted by molar-refractivity contribution is -0.139. The van der Waals surface area contributed by atoms with Gasteiger partial charge in [0.2, 0.25) is 5.78 Å². The quantitative estimate of drug-likeness (QED) is 0.161. The molecule has 9 heteroatoms. The number of hydrogen-bond donors (Lipinski definition) is 2. The number of benzene rings is 2. The normalized spacial score (nSPS) is 15.3. The lowest BCUT2D eigenvalue weighted by Crippen LogP contribution is -2.49. The number of amides is 2. The SMILES string of the molecule is CCCC[C@H](NC(=O)OCC1(CSc2nc(-c3ccccc3)cs2)CCC1)C(=O)C(=O)N[C@H](C)c1ccccc1. The number of nitrogens with one attached hydrogen (secondary N) is 2. The lowest BCUT2D eigenvalue weighted by atomic mass is 9.71. The van der Waals surface area contributed by atoms with Gasteiger partial charge in [0.05, 0.1) is 18.3 Å². The molecule has 0 radical (unpaired) electrons. The summed E-state index contributed by atoms with van der Waals surface area (Å²) in [5.74, 6) is -0.553. The minimum atomic E-state index is -0.922. The number of thioether (sulfide) groups is 1. The highest BCUT2D eigenvalue weighted by Gasteiger charge is 2.39. The van der Waals surface area contributed by atoms with E-state index in [1.54, 1.807) is 23.1 Å². The topological polar surface area (TPSA) is 97.4 Å². The Balaban J connectivity index is 1.28. The average Bonchev–Trinajstić information content (AvgIpc) is 3.44. The third-order valence-corrected chi connectivity index (χ3v) is 9.68. The Kier molecular flexibility index (Phi) is 10.8. The van der Waals surface area contributed by atoms with Crippen molar-refractivity contribution in [2.75, 3.05) is 12.4 Å². The molecule has 0 aliphatic heterocycles. The van der Waals surface area contributed by atoms with Gasteiger partial charge in [-0.3, -0.25) is 9.59 Å². The standard InChI is InChI=1S/C31H37N3O4S2/c1-3-4-16-25(27(35)28(36)32-22(2)23-12-7-5-8-13-23)33-29(37)38-20-31(17-11-18-31)21-40-30-34-26(19-39-30)24-14-9-6-10-15-24/h5-10,12-15,19,22,25H,3-4,11,16-18,20-21H2,1-2H3,(H,32,36)(H,33,37)/t22-,25+/m1/s1. The van der Waals surface area contributed by atoms with Crippen molar-refractivity contribution < 1.29 is 19.1 Å². The van der Waals surface area contributed by atoms with Crippen LogP contribution < -0.4 is 10.6 Å². The van der Waals surface area contributed by atoms with Crippen molar-refractivity contribution in [3.63, 3.8) is 0 Å². The van der Waals surface area contributed by atoms with Gasteiger partial charge in [-0.05, 0) is 31.7 Å². The molecule has 0 spiro atoms. The van der Waals surface area contributed by atoms with E-state index < -0.39 is 23.8 Å². The number of unbranched alkanes of at least 4 members (excludes halogenated alkanes) is 1. The number of alkyl carbamates (subject to hydrolysis) is 1. The second-order valence-electron chi connectivity index (χ2n) is 10.4. The summed E-state index contributed by atoms with van der Waals surface area (Å²) < 4.78 is 6.63. The maximum atomic E-state index is 13.0. The van der Waals surface area contributed by atoms with E-state index in [9.17, 15) is 14.4 Å². The third-order valence-electron chi connectivity index (χ3n) is 7.30. The molecule has 2 atom stereocenters. The molecule has 7 nitrogen and oxygen atoms in total. The van der Waals surface area contributed by atoms with E-state index in [1.165, 1.54) is 0 Å². The fourth-order valence-corrected chi connectivity index (χ4v) is 6.73. The molecule has 0 bridgehead atoms. The zero-order valence-corrected chi connectivity index (χ0v) is 24.7. The number of nitrogens with zero attached hydrogens (tertiary/aromatic N) is 1. The summed E-state index contributed by atoms with van der Waals surface area (Å²) in [5.41, 5.74) is 2.86. The zero-order chi connectivity index (χ0) is 28.4. The number of ether oxygens (including phenoxy) is 1. The van der Waals surface area contributed by atoms with E-state index in [0.717, 1.165) is 52.6 Å². The molecule has 1 aromatic heterocycles. The minimum absolute atomic E-state index is 0.105. The Bertz CT molecular complexity index is 1260. The predicted molar refractivity (Wildman–Crippen MR) is 160 cm³/mol. The van der Waals surface area contributed by atoms with Gasteiger partial charge in [-0.25, -0.2) is 9.78 Å². The molecule has 2 N–H and O–H groups in total. The molecule has 2 aromatic carbocycles. The highest BCUT2D eigenvalue weighted by molar-refractivity contribution is 8.01. The van der Waals surface area contributed by atoms with Crippen LogP contribution in [0.4, 0.5) is 4.79 Å². The molecule has 1 saturated carbocycles. The molecule has 3 aromatic rings. The molecular weight excluding hydrogens is 542 g/mol. The number of Topliss-reactive ketones (excluding diaryl/α,β-unsaturated/α-hetero) is 1. The van der Waals surface area contributed by atoms with Crippen LogP contribution in [0.25, 0.3) is 11.3 Å². The van der Waals surface area contributed by atoms with Crippen LogP contribution in [0, 0.1) is 5.41 Å². The molecule has 2 amide bonds. The highest BCUT2D eigenvalue weighted by atomic mass is 32.2. The predicted octanol–water partition coefficient (Wildman–Crippen LogP) is 6.80. The van der Waals surface area contributed by atoms with Gasteiger partial charge in [0.25, 0.3) is 5.91 Å². The first kappa shape index (κ1) is 29.8. The van der Waals surface area contributed by atoms with Gasteiger partial charge in [0.1, 0.15) is 6.04 Å². The Hall–Kier alpha value is -3.17. The van der Waals surface area contributed by atoms with Crippen LogP contribution in [0.1, 0.15) is 64.0 Å². The van der Waals surface area contributed by atoms with Crippen molar-refractivity contribution in [3.8, 4) is 11.3 Å². The highest BCUT2D eigenvalue weighted by Crippen LogP contribution is 2.45. The van der Waals surface area contributed by atoms with Crippen molar-refractivity contribution in [2.24, 2.45) is 5.41 Å². The van der Waals surface area contributed by atoms with E-state index in [1.807, 2.05) is 62.4 Å². The van der Waals surface area contributed by atoms with E-state index in [0.29, 0.717) is 12.8 Å². The van der Waals surface area contributed by atoms with Crippen LogP contribution in [0.5, 0.6) is 0 Å². The largest absolute Gasteiger partial charge is 0.449 e. The van der Waals surface area contributed by atoms with Gasteiger partial charge in [0.15, 0.2) is 4.34 Å². The number of ketones is 1. The van der Waals surface area contributed by atoms with E-state index in [4.69, 9.17) is 9.72 Å². The molecule has 4 rings (SSSR count). The molecule has 40 heavy (non-hydrogen) atoms. The molecular formula is C31H37N3O4S2. The van der Waals surface area contributed by atoms with Crippen molar-refractivity contribution in [2.45, 2.75) is 68.8 Å². The van der Waals surface area contributed by atoms with Crippen LogP contribution in [0.3, 0.4) is 0 Å². The zero-order valence-electron chi connectivity index (χ0n) is 23.1. The first-order valence-corrected chi connectivity index (χ1v) is 15.7. The number of carbonyl (C=O) groups is 3. The van der Waals surface area contributed by atoms with Crippen molar-refractivity contribution >= 4 is 40.9 Å². The van der Waals surface area contributed by atoms with Gasteiger partial charge in [-0.2, -0.15) is 0 Å². The van der Waals surface area contributed by atoms with E-state index >= 15 is 0 Å². The number of thiazole rings is 1. The molecule has 0 unspecified atom stereocenters. The number of rotatable bonds is 14. The van der Waals surface area contributed by atoms with Crippen LogP contribution in [0.2, 0.25) is 0 Å². The van der Waals surface area contributed by atoms with Gasteiger partial charge in [0, 0.05) is 22.1 Å². The van der Waals surface area contributed by atoms with Crippen molar-refractivity contribution in [3.05, 3.63) is 71.6 Å². The maximum absolute atomic E-state index is 13.0. The second kappa shape index (κ2) is 14.5. The third kappa shape index (κ3) is 8.17. The smallest absolute Gasteiger partial charge is 0.407 e. The Morgan fingerprint density at radius 3 is 2.40 bits per heavy atom. The summed E-state index contributed by atoms with van der Waals surface area (Å²) in [6, 6.07) is 18.3. The molecule has 1 heterocycles. The van der Waals surface area contributed by atoms with Crippen LogP contribution in [-0.4, -0.2) is 41.2 Å². The second-order valence-corrected chi connectivity index (χ2v) is 12.5. The molecule has 1 fully saturated rings. The summed E-state index contributed by atoms with van der Waals surface area (Å²) in [6.45, 7) is 4.10. The van der Waals surface area contributed by atoms with E-state index in [2.05, 4.69) is 28.1 Å². The Labute approximate surface area is 244 Å². The van der Waals surface area contributed by atoms with Crippen LogP contribution >= 0.6 is 23.1 Å². The molecule has 0 saturated heterocycles. The van der Waals surface area contributed by atoms with Gasteiger partial charge >= 0.3 is 6.09 Å². The molecule has 212 valence electrons. The summed E-state index contributed by atoms with van der Waals surface area (Å²) in [5, 5.41) is 7.50. The fraction of sp³-hybridized carbons (Fsp3) is 0.419.